The fourth-order valence-corrected chi connectivity index (χ4v) is 3.68. The first-order valence-electron chi connectivity index (χ1n) is 11.1. The number of aromatic nitrogens is 2. The van der Waals surface area contributed by atoms with Gasteiger partial charge in [0, 0.05) is 12.0 Å². The van der Waals surface area contributed by atoms with E-state index < -0.39 is 11.2 Å². The minimum Gasteiger partial charge on any atom is -0.427 e. The van der Waals surface area contributed by atoms with Gasteiger partial charge in [0.05, 0.1) is 27.9 Å². The molecule has 0 aliphatic rings. The second-order valence-corrected chi connectivity index (χ2v) is 9.12. The molecule has 163 valence electrons. The van der Waals surface area contributed by atoms with Crippen molar-refractivity contribution in [2.75, 3.05) is 0 Å². The van der Waals surface area contributed by atoms with Gasteiger partial charge in [0.1, 0.15) is 5.82 Å². The van der Waals surface area contributed by atoms with Crippen LogP contribution in [0.3, 0.4) is 0 Å². The Bertz CT molecular complexity index is 1240. The molecule has 0 saturated heterocycles. The molecule has 1 aromatic heterocycles. The molecule has 5 heteroatoms. The number of rotatable bonds is 7. The highest BCUT2D eigenvalue weighted by Crippen LogP contribution is 2.31. The van der Waals surface area contributed by atoms with Crippen molar-refractivity contribution in [2.45, 2.75) is 52.2 Å². The van der Waals surface area contributed by atoms with E-state index in [9.17, 15) is 5.11 Å². The molecular weight excluding hydrogens is 395 g/mol. The van der Waals surface area contributed by atoms with Crippen LogP contribution in [0.1, 0.15) is 40.4 Å². The number of hydrogen-bond donors (Lipinski definition) is 1. The van der Waals surface area contributed by atoms with Gasteiger partial charge in [0.2, 0.25) is 0 Å². The van der Waals surface area contributed by atoms with Crippen molar-refractivity contribution in [1.29, 1.82) is 0 Å². The smallest absolute Gasteiger partial charge is 0.331 e. The van der Waals surface area contributed by atoms with Gasteiger partial charge in [0.25, 0.3) is 0 Å². The lowest BCUT2D eigenvalue weighted by molar-refractivity contribution is -0.0893. The standard InChI is InChI=1S/C27H30BN2O2/c1-6-25-29-22-16-10-12-18-24(22)30(25)23-17-11-8-14-20(23)19-13-7-9-15-21(19)28-32-27(4,5)26(2,3)31/h7-18,31H,6H2,1-5H3. The first kappa shape index (κ1) is 22.3. The van der Waals surface area contributed by atoms with Crippen LogP contribution in [0.2, 0.25) is 0 Å². The van der Waals surface area contributed by atoms with Crippen LogP contribution in [0.25, 0.3) is 27.8 Å². The van der Waals surface area contributed by atoms with Gasteiger partial charge >= 0.3 is 7.48 Å². The highest BCUT2D eigenvalue weighted by Gasteiger charge is 2.36. The Morgan fingerprint density at radius 2 is 1.50 bits per heavy atom. The number of aryl methyl sites for hydroxylation is 1. The molecule has 1 N–H and O–H groups in total. The predicted octanol–water partition coefficient (Wildman–Crippen LogP) is 5.07. The number of para-hydroxylation sites is 3. The zero-order valence-corrected chi connectivity index (χ0v) is 19.5. The largest absolute Gasteiger partial charge is 0.427 e. The van der Waals surface area contributed by atoms with E-state index in [0.29, 0.717) is 0 Å². The molecule has 1 radical (unpaired) electrons. The van der Waals surface area contributed by atoms with Gasteiger partial charge in [-0.05, 0) is 56.9 Å². The fraction of sp³-hybridized carbons (Fsp3) is 0.296. The van der Waals surface area contributed by atoms with Crippen molar-refractivity contribution in [3.63, 3.8) is 0 Å². The number of hydrogen-bond acceptors (Lipinski definition) is 3. The van der Waals surface area contributed by atoms with E-state index in [1.165, 1.54) is 0 Å². The molecule has 0 spiro atoms. The van der Waals surface area contributed by atoms with Gasteiger partial charge in [-0.25, -0.2) is 4.98 Å². The summed E-state index contributed by atoms with van der Waals surface area (Å²) in [6.45, 7) is 9.45. The second kappa shape index (κ2) is 8.57. The SMILES string of the molecule is CCc1nc2ccccc2n1-c1ccccc1-c1ccccc1[B]OC(C)(C)C(C)(C)O. The van der Waals surface area contributed by atoms with Crippen LogP contribution in [0.5, 0.6) is 0 Å². The van der Waals surface area contributed by atoms with Crippen molar-refractivity contribution >= 4 is 24.0 Å². The van der Waals surface area contributed by atoms with Gasteiger partial charge in [-0.15, -0.1) is 0 Å². The lowest BCUT2D eigenvalue weighted by Gasteiger charge is -2.37. The maximum absolute atomic E-state index is 10.5. The van der Waals surface area contributed by atoms with E-state index in [1.54, 1.807) is 21.3 Å². The Kier molecular flexibility index (Phi) is 5.98. The van der Waals surface area contributed by atoms with Crippen LogP contribution in [0.15, 0.2) is 72.8 Å². The Morgan fingerprint density at radius 3 is 2.22 bits per heavy atom. The van der Waals surface area contributed by atoms with Crippen molar-refractivity contribution in [1.82, 2.24) is 9.55 Å². The zero-order valence-electron chi connectivity index (χ0n) is 19.5. The van der Waals surface area contributed by atoms with Crippen LogP contribution < -0.4 is 5.46 Å². The molecular formula is C27H30BN2O2. The molecule has 4 nitrogen and oxygen atoms in total. The van der Waals surface area contributed by atoms with Gasteiger partial charge in [0.15, 0.2) is 0 Å². The molecule has 0 bridgehead atoms. The molecule has 3 aromatic carbocycles. The van der Waals surface area contributed by atoms with Crippen molar-refractivity contribution < 1.29 is 9.76 Å². The summed E-state index contributed by atoms with van der Waals surface area (Å²) in [4.78, 5) is 4.86. The zero-order chi connectivity index (χ0) is 22.9. The van der Waals surface area contributed by atoms with Gasteiger partial charge in [-0.2, -0.15) is 0 Å². The third kappa shape index (κ3) is 4.11. The molecule has 1 heterocycles. The number of nitrogens with zero attached hydrogens (tertiary/aromatic N) is 2. The Hall–Kier alpha value is -2.89. The molecule has 0 aliphatic heterocycles. The quantitative estimate of drug-likeness (QED) is 0.421. The van der Waals surface area contributed by atoms with E-state index in [4.69, 9.17) is 9.64 Å². The average molecular weight is 425 g/mol. The summed E-state index contributed by atoms with van der Waals surface area (Å²) in [5.74, 6) is 1.03. The van der Waals surface area contributed by atoms with E-state index in [1.807, 2.05) is 38.1 Å². The predicted molar refractivity (Wildman–Crippen MR) is 133 cm³/mol. The third-order valence-electron chi connectivity index (χ3n) is 6.30. The lowest BCUT2D eigenvalue weighted by Crippen LogP contribution is -2.49. The maximum atomic E-state index is 10.5. The van der Waals surface area contributed by atoms with Crippen molar-refractivity contribution in [3.8, 4) is 16.8 Å². The third-order valence-corrected chi connectivity index (χ3v) is 6.30. The van der Waals surface area contributed by atoms with E-state index >= 15 is 0 Å². The summed E-state index contributed by atoms with van der Waals surface area (Å²) < 4.78 is 8.35. The van der Waals surface area contributed by atoms with Crippen LogP contribution in [-0.4, -0.2) is 33.3 Å². The van der Waals surface area contributed by atoms with Crippen molar-refractivity contribution in [3.05, 3.63) is 78.6 Å². The highest BCUT2D eigenvalue weighted by atomic mass is 16.5. The maximum Gasteiger partial charge on any atom is 0.331 e. The summed E-state index contributed by atoms with van der Waals surface area (Å²) in [5.41, 5.74) is 4.57. The van der Waals surface area contributed by atoms with Crippen LogP contribution in [0, 0.1) is 0 Å². The Morgan fingerprint density at radius 1 is 0.875 bits per heavy atom. The first-order valence-corrected chi connectivity index (χ1v) is 11.1. The molecule has 32 heavy (non-hydrogen) atoms. The summed E-state index contributed by atoms with van der Waals surface area (Å²) >= 11 is 0. The van der Waals surface area contributed by atoms with E-state index in [0.717, 1.165) is 45.6 Å². The van der Waals surface area contributed by atoms with Crippen molar-refractivity contribution in [2.24, 2.45) is 0 Å². The molecule has 0 unspecified atom stereocenters. The molecule has 0 amide bonds. The topological polar surface area (TPSA) is 47.3 Å². The summed E-state index contributed by atoms with van der Waals surface area (Å²) in [5, 5.41) is 10.5. The molecule has 0 atom stereocenters. The summed E-state index contributed by atoms with van der Waals surface area (Å²) in [6.07, 6.45) is 0.833. The fourth-order valence-electron chi connectivity index (χ4n) is 3.68. The first-order chi connectivity index (χ1) is 15.2. The van der Waals surface area contributed by atoms with Gasteiger partial charge in [-0.3, -0.25) is 4.57 Å². The number of aliphatic hydroxyl groups is 1. The molecule has 4 aromatic rings. The van der Waals surface area contributed by atoms with Crippen LogP contribution in [0.4, 0.5) is 0 Å². The monoisotopic (exact) mass is 425 g/mol. The Labute approximate surface area is 191 Å². The summed E-state index contributed by atoms with van der Waals surface area (Å²) in [7, 11) is 1.76. The van der Waals surface area contributed by atoms with Crippen LogP contribution in [-0.2, 0) is 11.1 Å². The minimum atomic E-state index is -0.984. The number of benzene rings is 3. The number of imidazole rings is 1. The second-order valence-electron chi connectivity index (χ2n) is 9.12. The number of fused-ring (bicyclic) bond motifs is 1. The van der Waals surface area contributed by atoms with Gasteiger partial charge in [-0.1, -0.05) is 61.5 Å². The minimum absolute atomic E-state index is 0.741. The molecule has 0 saturated carbocycles. The van der Waals surface area contributed by atoms with E-state index in [-0.39, 0.29) is 0 Å². The molecule has 4 rings (SSSR count). The average Bonchev–Trinajstić information content (AvgIpc) is 3.16. The Balaban J connectivity index is 1.82. The normalized spacial score (nSPS) is 12.3. The van der Waals surface area contributed by atoms with Gasteiger partial charge < -0.3 is 9.76 Å². The van der Waals surface area contributed by atoms with E-state index in [2.05, 4.69) is 60.0 Å². The highest BCUT2D eigenvalue weighted by molar-refractivity contribution is 6.49. The van der Waals surface area contributed by atoms with Crippen LogP contribution >= 0.6 is 0 Å². The summed E-state index contributed by atoms with van der Waals surface area (Å²) in [6, 6.07) is 24.8. The molecule has 0 fully saturated rings. The lowest BCUT2D eigenvalue weighted by atomic mass is 9.78. The molecule has 0 aliphatic carbocycles.